The van der Waals surface area contributed by atoms with Gasteiger partial charge in [0, 0.05) is 18.0 Å². The number of carbonyl (C=O) groups is 1. The minimum Gasteiger partial charge on any atom is -0.446 e. The van der Waals surface area contributed by atoms with Gasteiger partial charge in [-0.3, -0.25) is 9.36 Å². The smallest absolute Gasteiger partial charge is 0.247 e. The maximum absolute atomic E-state index is 12.4. The molecule has 1 atom stereocenters. The van der Waals surface area contributed by atoms with Crippen LogP contribution in [0.3, 0.4) is 0 Å². The van der Waals surface area contributed by atoms with E-state index in [2.05, 4.69) is 25.9 Å². The van der Waals surface area contributed by atoms with Crippen LogP contribution >= 0.6 is 27.5 Å². The highest BCUT2D eigenvalue weighted by Gasteiger charge is 2.39. The van der Waals surface area contributed by atoms with Gasteiger partial charge in [0.1, 0.15) is 10.7 Å². The Kier molecular flexibility index (Phi) is 4.84. The number of ether oxygens (including phenoxy) is 1. The van der Waals surface area contributed by atoms with E-state index in [1.165, 1.54) is 22.9 Å². The molecule has 1 unspecified atom stereocenters. The summed E-state index contributed by atoms with van der Waals surface area (Å²) in [6, 6.07) is 13.2. The predicted molar refractivity (Wildman–Crippen MR) is 112 cm³/mol. The van der Waals surface area contributed by atoms with Crippen molar-refractivity contribution in [2.75, 3.05) is 6.26 Å². The molecule has 1 aliphatic rings. The van der Waals surface area contributed by atoms with E-state index < -0.39 is 14.3 Å². The highest BCUT2D eigenvalue weighted by Crippen LogP contribution is 2.42. The molecule has 0 fully saturated rings. The first-order chi connectivity index (χ1) is 13.7. The van der Waals surface area contributed by atoms with Crippen molar-refractivity contribution in [2.45, 2.75) is 9.54 Å². The van der Waals surface area contributed by atoms with E-state index in [1.807, 2.05) is 0 Å². The summed E-state index contributed by atoms with van der Waals surface area (Å²) in [5, 5.41) is 0.205. The number of sulfone groups is 1. The average molecular weight is 495 g/mol. The molecule has 3 aromatic rings. The number of para-hydroxylation sites is 1. The molecule has 0 saturated carbocycles. The van der Waals surface area contributed by atoms with Gasteiger partial charge in [-0.25, -0.2) is 18.4 Å². The van der Waals surface area contributed by atoms with Crippen molar-refractivity contribution in [3.05, 3.63) is 71.0 Å². The van der Waals surface area contributed by atoms with Gasteiger partial charge in [0.2, 0.25) is 10.4 Å². The molecule has 0 radical (unpaired) electrons. The largest absolute Gasteiger partial charge is 0.446 e. The number of aliphatic imine (C=N–C) groups is 1. The number of carbonyl (C=O) groups excluding carboxylic acids is 1. The summed E-state index contributed by atoms with van der Waals surface area (Å²) in [5.41, 5.74) is 1.33. The fraction of sp³-hybridized carbons (Fsp3) is 0.105. The van der Waals surface area contributed by atoms with E-state index in [9.17, 15) is 13.2 Å². The van der Waals surface area contributed by atoms with Crippen molar-refractivity contribution in [3.63, 3.8) is 0 Å². The summed E-state index contributed by atoms with van der Waals surface area (Å²) in [6.45, 7) is 0. The summed E-state index contributed by atoms with van der Waals surface area (Å²) in [6.07, 6.45) is 3.19. The van der Waals surface area contributed by atoms with Crippen LogP contribution in [0.25, 0.3) is 5.82 Å². The van der Waals surface area contributed by atoms with Gasteiger partial charge in [0.05, 0.1) is 10.7 Å². The van der Waals surface area contributed by atoms with E-state index in [-0.39, 0.29) is 27.5 Å². The lowest BCUT2D eigenvalue weighted by molar-refractivity contribution is -0.116. The monoisotopic (exact) mass is 493 g/mol. The van der Waals surface area contributed by atoms with Crippen LogP contribution in [0.4, 0.5) is 5.69 Å². The zero-order valence-electron chi connectivity index (χ0n) is 14.9. The van der Waals surface area contributed by atoms with Crippen molar-refractivity contribution in [1.82, 2.24) is 9.55 Å². The minimum absolute atomic E-state index is 0.0375. The van der Waals surface area contributed by atoms with Gasteiger partial charge in [-0.1, -0.05) is 29.8 Å². The van der Waals surface area contributed by atoms with Crippen LogP contribution in [-0.2, 0) is 23.9 Å². The second-order valence-corrected chi connectivity index (χ2v) is 9.82. The Balaban J connectivity index is 2.00. The summed E-state index contributed by atoms with van der Waals surface area (Å²) >= 11 is 9.62. The number of aromatic nitrogens is 2. The molecular formula is C19H13BrClN3O4S. The molecule has 0 bridgehead atoms. The molecule has 0 saturated heterocycles. The summed E-state index contributed by atoms with van der Waals surface area (Å²) < 4.78 is 30.5. The number of rotatable bonds is 4. The quantitative estimate of drug-likeness (QED) is 0.407. The first-order valence-electron chi connectivity index (χ1n) is 8.30. The van der Waals surface area contributed by atoms with Crippen molar-refractivity contribution in [1.29, 1.82) is 0 Å². The normalized spacial score (nSPS) is 18.5. The van der Waals surface area contributed by atoms with Gasteiger partial charge in [-0.05, 0) is 46.3 Å². The van der Waals surface area contributed by atoms with E-state index >= 15 is 0 Å². The standard InChI is InChI=1S/C19H13BrClN3O4S/c1-29(26,27)16-9-8-15(24(16)17-13(21)6-4-10-22-17)18-23-14-7-3-2-5-12(14)19(20,11-25)28-18/h2-11H,1H3. The molecule has 0 N–H and O–H groups in total. The molecule has 2 aromatic heterocycles. The Morgan fingerprint density at radius 2 is 1.93 bits per heavy atom. The average Bonchev–Trinajstić information content (AvgIpc) is 3.14. The number of halogens is 2. The van der Waals surface area contributed by atoms with Gasteiger partial charge in [0.25, 0.3) is 0 Å². The van der Waals surface area contributed by atoms with Crippen LogP contribution in [0, 0.1) is 0 Å². The molecule has 3 heterocycles. The number of hydrogen-bond donors (Lipinski definition) is 0. The van der Waals surface area contributed by atoms with Gasteiger partial charge in [-0.2, -0.15) is 0 Å². The Morgan fingerprint density at radius 1 is 1.17 bits per heavy atom. The second kappa shape index (κ2) is 7.08. The lowest BCUT2D eigenvalue weighted by Crippen LogP contribution is -2.32. The highest BCUT2D eigenvalue weighted by atomic mass is 79.9. The third-order valence-electron chi connectivity index (χ3n) is 4.29. The minimum atomic E-state index is -3.64. The molecular weight excluding hydrogens is 482 g/mol. The van der Waals surface area contributed by atoms with Crippen LogP contribution in [0.5, 0.6) is 0 Å². The summed E-state index contributed by atoms with van der Waals surface area (Å²) in [7, 11) is -3.64. The topological polar surface area (TPSA) is 90.6 Å². The lowest BCUT2D eigenvalue weighted by atomic mass is 10.1. The molecule has 0 amide bonds. The van der Waals surface area contributed by atoms with Crippen molar-refractivity contribution < 1.29 is 17.9 Å². The second-order valence-electron chi connectivity index (χ2n) is 6.27. The van der Waals surface area contributed by atoms with Gasteiger partial charge in [-0.15, -0.1) is 0 Å². The molecule has 29 heavy (non-hydrogen) atoms. The van der Waals surface area contributed by atoms with Gasteiger partial charge < -0.3 is 4.74 Å². The Morgan fingerprint density at radius 3 is 2.62 bits per heavy atom. The number of fused-ring (bicyclic) bond motifs is 1. The molecule has 0 aliphatic carbocycles. The molecule has 1 aliphatic heterocycles. The number of benzene rings is 1. The fourth-order valence-electron chi connectivity index (χ4n) is 3.02. The SMILES string of the molecule is CS(=O)(=O)c1ccc(C2=Nc3ccccc3C(Br)(C=O)O2)n1-c1ncccc1Cl. The third kappa shape index (κ3) is 3.39. The number of aldehydes is 1. The van der Waals surface area contributed by atoms with Crippen molar-refractivity contribution in [3.8, 4) is 5.82 Å². The van der Waals surface area contributed by atoms with E-state index in [0.717, 1.165) is 6.26 Å². The Bertz CT molecular complexity index is 1270. The van der Waals surface area contributed by atoms with Crippen molar-refractivity contribution >= 4 is 55.2 Å². The predicted octanol–water partition coefficient (Wildman–Crippen LogP) is 3.78. The highest BCUT2D eigenvalue weighted by molar-refractivity contribution is 9.10. The van der Waals surface area contributed by atoms with E-state index in [4.69, 9.17) is 16.3 Å². The van der Waals surface area contributed by atoms with Crippen LogP contribution in [-0.4, -0.2) is 36.4 Å². The zero-order chi connectivity index (χ0) is 20.8. The fourth-order valence-corrected chi connectivity index (χ4v) is 4.55. The molecule has 10 heteroatoms. The van der Waals surface area contributed by atoms with Crippen molar-refractivity contribution in [2.24, 2.45) is 4.99 Å². The molecule has 148 valence electrons. The van der Waals surface area contributed by atoms with Crippen LogP contribution < -0.4 is 0 Å². The van der Waals surface area contributed by atoms with Gasteiger partial charge >= 0.3 is 0 Å². The molecule has 7 nitrogen and oxygen atoms in total. The van der Waals surface area contributed by atoms with Crippen LogP contribution in [0.1, 0.15) is 11.3 Å². The first-order valence-corrected chi connectivity index (χ1v) is 11.4. The van der Waals surface area contributed by atoms with Crippen LogP contribution in [0.2, 0.25) is 5.02 Å². The van der Waals surface area contributed by atoms with E-state index in [1.54, 1.807) is 36.4 Å². The van der Waals surface area contributed by atoms with Gasteiger partial charge in [0.15, 0.2) is 21.9 Å². The first kappa shape index (κ1) is 19.8. The number of pyridine rings is 1. The Labute approximate surface area is 180 Å². The number of hydrogen-bond acceptors (Lipinski definition) is 6. The summed E-state index contributed by atoms with van der Waals surface area (Å²) in [5.74, 6) is 0.246. The number of nitrogens with zero attached hydrogens (tertiary/aromatic N) is 3. The zero-order valence-corrected chi connectivity index (χ0v) is 18.1. The van der Waals surface area contributed by atoms with E-state index in [0.29, 0.717) is 17.5 Å². The molecule has 0 spiro atoms. The number of alkyl halides is 1. The lowest BCUT2D eigenvalue weighted by Gasteiger charge is -2.29. The Hall–Kier alpha value is -2.49. The van der Waals surface area contributed by atoms with Crippen LogP contribution in [0.15, 0.2) is 64.7 Å². The summed E-state index contributed by atoms with van der Waals surface area (Å²) in [4.78, 5) is 20.5. The maximum atomic E-state index is 12.4. The third-order valence-corrected chi connectivity index (χ3v) is 6.43. The maximum Gasteiger partial charge on any atom is 0.247 e. The molecule has 1 aromatic carbocycles. The molecule has 4 rings (SSSR count).